The molecule has 0 aliphatic carbocycles. The molecule has 1 heterocycles. The van der Waals surface area contributed by atoms with Crippen molar-refractivity contribution in [2.45, 2.75) is 51.9 Å². The van der Waals surface area contributed by atoms with E-state index in [0.29, 0.717) is 0 Å². The summed E-state index contributed by atoms with van der Waals surface area (Å²) in [6.07, 6.45) is 8.57. The minimum absolute atomic E-state index is 0.803. The average molecular weight is 289 g/mol. The van der Waals surface area contributed by atoms with Crippen molar-refractivity contribution < 1.29 is 9.47 Å². The number of nitrogens with zero attached hydrogens (tertiary/aromatic N) is 1. The zero-order valence-electron chi connectivity index (χ0n) is 13.6. The summed E-state index contributed by atoms with van der Waals surface area (Å²) in [6, 6.07) is 4.21. The van der Waals surface area contributed by atoms with Gasteiger partial charge in [-0.3, -0.25) is 4.99 Å². The normalized spacial score (nSPS) is 13.6. The van der Waals surface area contributed by atoms with Crippen LogP contribution in [0.4, 0.5) is 0 Å². The SMILES string of the molecule is CCCCCCCC1=NCCc2cc(OC)c(OC)cc21. The largest absolute Gasteiger partial charge is 0.493 e. The van der Waals surface area contributed by atoms with Gasteiger partial charge in [0.2, 0.25) is 0 Å². The Morgan fingerprint density at radius 2 is 1.71 bits per heavy atom. The Morgan fingerprint density at radius 1 is 1.00 bits per heavy atom. The molecule has 21 heavy (non-hydrogen) atoms. The van der Waals surface area contributed by atoms with E-state index < -0.39 is 0 Å². The van der Waals surface area contributed by atoms with Crippen molar-refractivity contribution in [2.24, 2.45) is 4.99 Å². The molecule has 1 aliphatic rings. The van der Waals surface area contributed by atoms with Crippen molar-refractivity contribution in [3.05, 3.63) is 23.3 Å². The van der Waals surface area contributed by atoms with Gasteiger partial charge in [0, 0.05) is 17.8 Å². The molecule has 0 fully saturated rings. The lowest BCUT2D eigenvalue weighted by Crippen LogP contribution is -2.13. The number of fused-ring (bicyclic) bond motifs is 1. The fourth-order valence-corrected chi connectivity index (χ4v) is 2.90. The zero-order valence-corrected chi connectivity index (χ0v) is 13.6. The fourth-order valence-electron chi connectivity index (χ4n) is 2.90. The van der Waals surface area contributed by atoms with E-state index in [4.69, 9.17) is 14.5 Å². The molecule has 1 aromatic carbocycles. The molecule has 1 aromatic rings. The van der Waals surface area contributed by atoms with Gasteiger partial charge in [-0.15, -0.1) is 0 Å². The molecule has 3 nitrogen and oxygen atoms in total. The quantitative estimate of drug-likeness (QED) is 0.664. The Labute approximate surface area is 128 Å². The van der Waals surface area contributed by atoms with Crippen LogP contribution in [0.25, 0.3) is 0 Å². The third-order valence-corrected chi connectivity index (χ3v) is 4.12. The van der Waals surface area contributed by atoms with E-state index in [-0.39, 0.29) is 0 Å². The summed E-state index contributed by atoms with van der Waals surface area (Å²) in [5.74, 6) is 1.62. The first-order valence-corrected chi connectivity index (χ1v) is 8.08. The number of aliphatic imine (C=N–C) groups is 1. The molecule has 1 aliphatic heterocycles. The van der Waals surface area contributed by atoms with Gasteiger partial charge in [0.25, 0.3) is 0 Å². The number of unbranched alkanes of at least 4 members (excludes halogenated alkanes) is 4. The van der Waals surface area contributed by atoms with Crippen LogP contribution >= 0.6 is 0 Å². The van der Waals surface area contributed by atoms with Crippen LogP contribution in [0.1, 0.15) is 56.6 Å². The molecule has 0 atom stereocenters. The molecule has 0 spiro atoms. The van der Waals surface area contributed by atoms with Crippen LogP contribution < -0.4 is 9.47 Å². The molecule has 0 unspecified atom stereocenters. The van der Waals surface area contributed by atoms with Gasteiger partial charge in [0.1, 0.15) is 0 Å². The van der Waals surface area contributed by atoms with Crippen molar-refractivity contribution in [2.75, 3.05) is 20.8 Å². The second-order valence-corrected chi connectivity index (χ2v) is 5.61. The smallest absolute Gasteiger partial charge is 0.161 e. The number of benzene rings is 1. The minimum Gasteiger partial charge on any atom is -0.493 e. The van der Waals surface area contributed by atoms with E-state index >= 15 is 0 Å². The van der Waals surface area contributed by atoms with E-state index in [2.05, 4.69) is 19.1 Å². The van der Waals surface area contributed by atoms with Gasteiger partial charge in [0.15, 0.2) is 11.5 Å². The maximum atomic E-state index is 5.43. The number of hydrogen-bond acceptors (Lipinski definition) is 3. The van der Waals surface area contributed by atoms with Crippen molar-refractivity contribution in [1.82, 2.24) is 0 Å². The van der Waals surface area contributed by atoms with Crippen LogP contribution in [-0.2, 0) is 6.42 Å². The van der Waals surface area contributed by atoms with E-state index in [1.807, 2.05) is 0 Å². The summed E-state index contributed by atoms with van der Waals surface area (Å²) < 4.78 is 10.8. The van der Waals surface area contributed by atoms with Gasteiger partial charge >= 0.3 is 0 Å². The van der Waals surface area contributed by atoms with Crippen molar-refractivity contribution in [1.29, 1.82) is 0 Å². The van der Waals surface area contributed by atoms with Gasteiger partial charge < -0.3 is 9.47 Å². The number of hydrogen-bond donors (Lipinski definition) is 0. The Kier molecular flexibility index (Phi) is 6.09. The zero-order chi connectivity index (χ0) is 15.1. The van der Waals surface area contributed by atoms with Gasteiger partial charge in [-0.05, 0) is 37.0 Å². The average Bonchev–Trinajstić information content (AvgIpc) is 2.53. The van der Waals surface area contributed by atoms with Gasteiger partial charge in [0.05, 0.1) is 14.2 Å². The first-order valence-electron chi connectivity index (χ1n) is 8.08. The first kappa shape index (κ1) is 15.9. The topological polar surface area (TPSA) is 30.8 Å². The lowest BCUT2D eigenvalue weighted by Gasteiger charge is -2.19. The van der Waals surface area contributed by atoms with Crippen LogP contribution in [-0.4, -0.2) is 26.5 Å². The second kappa shape index (κ2) is 8.06. The highest BCUT2D eigenvalue weighted by Gasteiger charge is 2.17. The molecule has 0 amide bonds. The van der Waals surface area contributed by atoms with Crippen molar-refractivity contribution in [3.63, 3.8) is 0 Å². The maximum absolute atomic E-state index is 5.43. The summed E-state index contributed by atoms with van der Waals surface area (Å²) in [5, 5.41) is 0. The van der Waals surface area contributed by atoms with Crippen LogP contribution in [0.3, 0.4) is 0 Å². The third-order valence-electron chi connectivity index (χ3n) is 4.12. The molecule has 0 saturated heterocycles. The molecule has 0 aromatic heterocycles. The Morgan fingerprint density at radius 3 is 2.43 bits per heavy atom. The molecule has 0 bridgehead atoms. The molecule has 116 valence electrons. The van der Waals surface area contributed by atoms with E-state index in [0.717, 1.165) is 30.9 Å². The predicted octanol–water partition coefficient (Wildman–Crippen LogP) is 4.41. The van der Waals surface area contributed by atoms with Crippen LogP contribution in [0, 0.1) is 0 Å². The summed E-state index contributed by atoms with van der Waals surface area (Å²) in [5.41, 5.74) is 3.84. The molecule has 2 rings (SSSR count). The lowest BCUT2D eigenvalue weighted by molar-refractivity contribution is 0.354. The summed E-state index contributed by atoms with van der Waals surface area (Å²) in [7, 11) is 3.38. The molecular weight excluding hydrogens is 262 g/mol. The highest BCUT2D eigenvalue weighted by Crippen LogP contribution is 2.33. The molecule has 0 saturated carbocycles. The monoisotopic (exact) mass is 289 g/mol. The minimum atomic E-state index is 0.803. The Hall–Kier alpha value is -1.51. The lowest BCUT2D eigenvalue weighted by atomic mass is 9.93. The van der Waals surface area contributed by atoms with E-state index in [1.165, 1.54) is 48.9 Å². The Balaban J connectivity index is 2.07. The van der Waals surface area contributed by atoms with E-state index in [1.54, 1.807) is 14.2 Å². The number of methoxy groups -OCH3 is 2. The molecular formula is C18H27NO2. The Bertz CT molecular complexity index is 494. The van der Waals surface area contributed by atoms with Crippen LogP contribution in [0.5, 0.6) is 11.5 Å². The molecule has 0 radical (unpaired) electrons. The highest BCUT2D eigenvalue weighted by molar-refractivity contribution is 6.03. The number of ether oxygens (including phenoxy) is 2. The third kappa shape index (κ3) is 3.99. The predicted molar refractivity (Wildman–Crippen MR) is 88.0 cm³/mol. The molecule has 0 N–H and O–H groups in total. The van der Waals surface area contributed by atoms with Gasteiger partial charge in [-0.2, -0.15) is 0 Å². The fraction of sp³-hybridized carbons (Fsp3) is 0.611. The molecule has 3 heteroatoms. The van der Waals surface area contributed by atoms with Crippen molar-refractivity contribution in [3.8, 4) is 11.5 Å². The summed E-state index contributed by atoms with van der Waals surface area (Å²) in [4.78, 5) is 4.74. The van der Waals surface area contributed by atoms with E-state index in [9.17, 15) is 0 Å². The van der Waals surface area contributed by atoms with Crippen LogP contribution in [0.15, 0.2) is 17.1 Å². The number of rotatable bonds is 8. The standard InChI is InChI=1S/C18H27NO2/c1-4-5-6-7-8-9-16-15-13-18(21-3)17(20-2)12-14(15)10-11-19-16/h12-13H,4-11H2,1-3H3. The summed E-state index contributed by atoms with van der Waals surface area (Å²) in [6.45, 7) is 3.15. The van der Waals surface area contributed by atoms with Crippen LogP contribution in [0.2, 0.25) is 0 Å². The van der Waals surface area contributed by atoms with Gasteiger partial charge in [-0.25, -0.2) is 0 Å². The highest BCUT2D eigenvalue weighted by atomic mass is 16.5. The first-order chi connectivity index (χ1) is 10.3. The van der Waals surface area contributed by atoms with Crippen molar-refractivity contribution >= 4 is 5.71 Å². The maximum Gasteiger partial charge on any atom is 0.161 e. The second-order valence-electron chi connectivity index (χ2n) is 5.61. The summed E-state index contributed by atoms with van der Waals surface area (Å²) >= 11 is 0. The van der Waals surface area contributed by atoms with Gasteiger partial charge in [-0.1, -0.05) is 32.6 Å².